The summed E-state index contributed by atoms with van der Waals surface area (Å²) in [6.45, 7) is 0. The zero-order valence-corrected chi connectivity index (χ0v) is 15.1. The second-order valence-electron chi connectivity index (χ2n) is 7.03. The van der Waals surface area contributed by atoms with Gasteiger partial charge in [0.2, 0.25) is 0 Å². The Balaban J connectivity index is 1.96. The van der Waals surface area contributed by atoms with Crippen LogP contribution in [0.4, 0.5) is 0 Å². The number of hydrogen-bond acceptors (Lipinski definition) is 2. The zero-order valence-electron chi connectivity index (χ0n) is 14.2. The summed E-state index contributed by atoms with van der Waals surface area (Å²) < 4.78 is 9.02. The Hall–Kier alpha value is -3.30. The van der Waals surface area contributed by atoms with Crippen LogP contribution in [0.1, 0.15) is 0 Å². The Morgan fingerprint density at radius 1 is 0.667 bits per heavy atom. The quantitative estimate of drug-likeness (QED) is 0.295. The molecule has 3 heteroatoms. The van der Waals surface area contributed by atoms with E-state index in [4.69, 9.17) is 4.42 Å². The highest BCUT2D eigenvalue weighted by molar-refractivity contribution is 7.27. The molecule has 0 aliphatic carbocycles. The number of H-pyrrole nitrogens is 1. The molecular weight excluding hydrogens is 350 g/mol. The molecule has 3 heterocycles. The first-order chi connectivity index (χ1) is 13.4. The van der Waals surface area contributed by atoms with E-state index < -0.39 is 0 Å². The minimum atomic E-state index is 0.946. The van der Waals surface area contributed by atoms with Crippen molar-refractivity contribution in [2.45, 2.75) is 0 Å². The van der Waals surface area contributed by atoms with E-state index in [-0.39, 0.29) is 0 Å². The summed E-state index contributed by atoms with van der Waals surface area (Å²) in [5.41, 5.74) is 4.33. The fourth-order valence-electron chi connectivity index (χ4n) is 4.49. The average Bonchev–Trinajstić information content (AvgIpc) is 3.38. The van der Waals surface area contributed by atoms with Gasteiger partial charge in [0.25, 0.3) is 0 Å². The van der Waals surface area contributed by atoms with Crippen molar-refractivity contribution in [3.8, 4) is 0 Å². The van der Waals surface area contributed by atoms with Gasteiger partial charge in [-0.2, -0.15) is 0 Å². The highest BCUT2D eigenvalue weighted by Gasteiger charge is 2.21. The predicted octanol–water partition coefficient (Wildman–Crippen LogP) is 7.59. The molecule has 0 atom stereocenters. The highest BCUT2D eigenvalue weighted by Crippen LogP contribution is 2.48. The SMILES string of the molecule is c1ccc2c(c1)[nH]c1c3sc4ccccc4c3c3oc4ccccc4c3c21. The Labute approximate surface area is 157 Å². The molecule has 7 rings (SSSR count). The third kappa shape index (κ3) is 1.61. The number of furan rings is 1. The third-order valence-electron chi connectivity index (χ3n) is 5.60. The van der Waals surface area contributed by atoms with Crippen molar-refractivity contribution >= 4 is 75.3 Å². The Bertz CT molecular complexity index is 1680. The van der Waals surface area contributed by atoms with Crippen LogP contribution in [-0.2, 0) is 0 Å². The van der Waals surface area contributed by atoms with Gasteiger partial charge in [-0.25, -0.2) is 0 Å². The normalized spacial score (nSPS) is 12.4. The smallest absolute Gasteiger partial charge is 0.145 e. The Morgan fingerprint density at radius 3 is 2.33 bits per heavy atom. The van der Waals surface area contributed by atoms with E-state index in [9.17, 15) is 0 Å². The van der Waals surface area contributed by atoms with Crippen LogP contribution in [0.5, 0.6) is 0 Å². The summed E-state index contributed by atoms with van der Waals surface area (Å²) in [6, 6.07) is 25.5. The van der Waals surface area contributed by atoms with Crippen LogP contribution < -0.4 is 0 Å². The average molecular weight is 363 g/mol. The van der Waals surface area contributed by atoms with Crippen molar-refractivity contribution in [1.82, 2.24) is 4.98 Å². The maximum absolute atomic E-state index is 6.45. The van der Waals surface area contributed by atoms with Gasteiger partial charge < -0.3 is 9.40 Å². The van der Waals surface area contributed by atoms with Crippen LogP contribution in [0.2, 0.25) is 0 Å². The number of aromatic amines is 1. The molecule has 0 radical (unpaired) electrons. The lowest BCUT2D eigenvalue weighted by molar-refractivity contribution is 0.673. The molecule has 0 saturated heterocycles. The zero-order chi connectivity index (χ0) is 17.5. The third-order valence-corrected chi connectivity index (χ3v) is 6.79. The highest BCUT2D eigenvalue weighted by atomic mass is 32.1. The molecule has 3 aromatic heterocycles. The van der Waals surface area contributed by atoms with E-state index in [0.29, 0.717) is 0 Å². The summed E-state index contributed by atoms with van der Waals surface area (Å²) >= 11 is 1.84. The summed E-state index contributed by atoms with van der Waals surface area (Å²) in [6.07, 6.45) is 0. The molecule has 2 nitrogen and oxygen atoms in total. The summed E-state index contributed by atoms with van der Waals surface area (Å²) in [5, 5.41) is 7.41. The van der Waals surface area contributed by atoms with Gasteiger partial charge in [-0.15, -0.1) is 11.3 Å². The molecule has 0 fully saturated rings. The van der Waals surface area contributed by atoms with E-state index >= 15 is 0 Å². The number of thiophene rings is 1. The van der Waals surface area contributed by atoms with E-state index in [1.165, 1.54) is 52.8 Å². The van der Waals surface area contributed by atoms with Crippen LogP contribution in [0.15, 0.2) is 77.2 Å². The maximum atomic E-state index is 6.45. The van der Waals surface area contributed by atoms with E-state index in [1.807, 2.05) is 17.4 Å². The van der Waals surface area contributed by atoms with Crippen molar-refractivity contribution in [2.75, 3.05) is 0 Å². The van der Waals surface area contributed by atoms with E-state index in [2.05, 4.69) is 71.7 Å². The summed E-state index contributed by atoms with van der Waals surface area (Å²) in [7, 11) is 0. The predicted molar refractivity (Wildman–Crippen MR) is 116 cm³/mol. The Morgan fingerprint density at radius 2 is 1.41 bits per heavy atom. The number of hydrogen-bond donors (Lipinski definition) is 1. The molecule has 0 aliphatic heterocycles. The van der Waals surface area contributed by atoms with Crippen LogP contribution in [0.3, 0.4) is 0 Å². The van der Waals surface area contributed by atoms with Gasteiger partial charge in [0, 0.05) is 42.5 Å². The molecule has 0 unspecified atom stereocenters. The number of rotatable bonds is 0. The molecule has 0 bridgehead atoms. The number of nitrogens with one attached hydrogen (secondary N) is 1. The minimum absolute atomic E-state index is 0.946. The molecule has 27 heavy (non-hydrogen) atoms. The minimum Gasteiger partial charge on any atom is -0.455 e. The van der Waals surface area contributed by atoms with Crippen LogP contribution in [0.25, 0.3) is 63.9 Å². The maximum Gasteiger partial charge on any atom is 0.145 e. The second-order valence-corrected chi connectivity index (χ2v) is 8.08. The Kier molecular flexibility index (Phi) is 2.41. The summed E-state index contributed by atoms with van der Waals surface area (Å²) in [5.74, 6) is 0. The number of para-hydroxylation sites is 2. The number of benzene rings is 4. The molecule has 0 saturated carbocycles. The van der Waals surface area contributed by atoms with Crippen LogP contribution in [0, 0.1) is 0 Å². The van der Waals surface area contributed by atoms with Gasteiger partial charge in [0.1, 0.15) is 11.2 Å². The molecule has 1 N–H and O–H groups in total. The summed E-state index contributed by atoms with van der Waals surface area (Å²) in [4.78, 5) is 3.70. The van der Waals surface area contributed by atoms with Crippen molar-refractivity contribution < 1.29 is 4.42 Å². The van der Waals surface area contributed by atoms with Gasteiger partial charge in [0.15, 0.2) is 0 Å². The van der Waals surface area contributed by atoms with Crippen LogP contribution >= 0.6 is 11.3 Å². The van der Waals surface area contributed by atoms with Crippen molar-refractivity contribution in [1.29, 1.82) is 0 Å². The van der Waals surface area contributed by atoms with Gasteiger partial charge in [-0.05, 0) is 18.2 Å². The monoisotopic (exact) mass is 363 g/mol. The molecule has 0 spiro atoms. The van der Waals surface area contributed by atoms with Gasteiger partial charge in [0.05, 0.1) is 10.2 Å². The lowest BCUT2D eigenvalue weighted by Gasteiger charge is -1.99. The van der Waals surface area contributed by atoms with E-state index in [0.717, 1.165) is 11.2 Å². The van der Waals surface area contributed by atoms with Crippen molar-refractivity contribution in [3.63, 3.8) is 0 Å². The van der Waals surface area contributed by atoms with Crippen molar-refractivity contribution in [3.05, 3.63) is 72.8 Å². The second kappa shape index (κ2) is 4.70. The van der Waals surface area contributed by atoms with Crippen LogP contribution in [-0.4, -0.2) is 4.98 Å². The molecule has 0 amide bonds. The first kappa shape index (κ1) is 13.8. The number of aromatic nitrogens is 1. The molecule has 0 aliphatic rings. The van der Waals surface area contributed by atoms with Crippen molar-refractivity contribution in [2.24, 2.45) is 0 Å². The first-order valence-corrected chi connectivity index (χ1v) is 9.87. The standard InChI is InChI=1S/C24H13NOS/c1-4-10-16-13(7-1)19-20-14-8-2-5-11-17(14)26-23(20)21-15-9-3-6-12-18(15)27-24(21)22(19)25-16/h1-12,25H. The lowest BCUT2D eigenvalue weighted by Crippen LogP contribution is -1.74. The van der Waals surface area contributed by atoms with Gasteiger partial charge in [-0.1, -0.05) is 54.6 Å². The fourth-order valence-corrected chi connectivity index (χ4v) is 5.70. The van der Waals surface area contributed by atoms with Gasteiger partial charge in [-0.3, -0.25) is 0 Å². The van der Waals surface area contributed by atoms with E-state index in [1.54, 1.807) is 0 Å². The first-order valence-electron chi connectivity index (χ1n) is 9.05. The molecule has 4 aromatic carbocycles. The van der Waals surface area contributed by atoms with Gasteiger partial charge >= 0.3 is 0 Å². The number of fused-ring (bicyclic) bond motifs is 12. The topological polar surface area (TPSA) is 28.9 Å². The molecule has 126 valence electrons. The molecule has 7 aromatic rings. The largest absolute Gasteiger partial charge is 0.455 e. The lowest BCUT2D eigenvalue weighted by atomic mass is 10.0. The fraction of sp³-hybridized carbons (Fsp3) is 0. The molecular formula is C24H13NOS.